The molecule has 0 spiro atoms. The first kappa shape index (κ1) is 15.3. The minimum absolute atomic E-state index is 0.0126. The third-order valence-corrected chi connectivity index (χ3v) is 4.16. The number of carbonyl (C=O) groups is 1. The SMILES string of the molecule is CCOC(=O)NCc1ccc(-c2csc(N=C(N)N)n2)s1. The summed E-state index contributed by atoms with van der Waals surface area (Å²) in [7, 11) is 0. The average molecular weight is 325 g/mol. The lowest BCUT2D eigenvalue weighted by atomic mass is 10.3. The van der Waals surface area contributed by atoms with Crippen LogP contribution in [0.25, 0.3) is 10.6 Å². The van der Waals surface area contributed by atoms with E-state index in [0.29, 0.717) is 18.3 Å². The van der Waals surface area contributed by atoms with Gasteiger partial charge in [-0.15, -0.1) is 22.7 Å². The number of thiazole rings is 1. The van der Waals surface area contributed by atoms with Gasteiger partial charge in [0, 0.05) is 10.3 Å². The highest BCUT2D eigenvalue weighted by Gasteiger charge is 2.08. The third kappa shape index (κ3) is 4.43. The van der Waals surface area contributed by atoms with Gasteiger partial charge in [-0.25, -0.2) is 9.78 Å². The van der Waals surface area contributed by atoms with Gasteiger partial charge in [-0.05, 0) is 19.1 Å². The molecule has 0 bridgehead atoms. The first-order valence-electron chi connectivity index (χ1n) is 6.13. The largest absolute Gasteiger partial charge is 0.450 e. The Bertz CT molecular complexity index is 646. The fraction of sp³-hybridized carbons (Fsp3) is 0.250. The number of amides is 1. The Labute approximate surface area is 129 Å². The molecule has 2 rings (SSSR count). The zero-order chi connectivity index (χ0) is 15.2. The summed E-state index contributed by atoms with van der Waals surface area (Å²) in [5.41, 5.74) is 11.4. The first-order chi connectivity index (χ1) is 10.1. The van der Waals surface area contributed by atoms with Crippen molar-refractivity contribution in [3.05, 3.63) is 22.4 Å². The van der Waals surface area contributed by atoms with Gasteiger partial charge in [0.05, 0.1) is 23.7 Å². The summed E-state index contributed by atoms with van der Waals surface area (Å²) in [6.45, 7) is 2.54. The van der Waals surface area contributed by atoms with Gasteiger partial charge in [-0.2, -0.15) is 4.99 Å². The van der Waals surface area contributed by atoms with E-state index in [1.807, 2.05) is 17.5 Å². The number of nitrogens with zero attached hydrogens (tertiary/aromatic N) is 2. The van der Waals surface area contributed by atoms with Crippen LogP contribution in [0.2, 0.25) is 0 Å². The Hall–Kier alpha value is -2.13. The highest BCUT2D eigenvalue weighted by atomic mass is 32.1. The maximum Gasteiger partial charge on any atom is 0.407 e. The monoisotopic (exact) mass is 325 g/mol. The molecule has 0 aliphatic rings. The molecule has 21 heavy (non-hydrogen) atoms. The summed E-state index contributed by atoms with van der Waals surface area (Å²) >= 11 is 2.91. The van der Waals surface area contributed by atoms with Crippen LogP contribution in [-0.4, -0.2) is 23.6 Å². The van der Waals surface area contributed by atoms with E-state index in [-0.39, 0.29) is 5.96 Å². The zero-order valence-corrected chi connectivity index (χ0v) is 13.0. The van der Waals surface area contributed by atoms with Crippen LogP contribution in [0.4, 0.5) is 9.93 Å². The fourth-order valence-electron chi connectivity index (χ4n) is 1.49. The molecule has 2 aromatic heterocycles. The van der Waals surface area contributed by atoms with E-state index in [1.165, 1.54) is 11.3 Å². The number of aromatic nitrogens is 1. The molecule has 7 nitrogen and oxygen atoms in total. The number of rotatable bonds is 5. The van der Waals surface area contributed by atoms with E-state index < -0.39 is 6.09 Å². The van der Waals surface area contributed by atoms with Gasteiger partial charge in [-0.1, -0.05) is 0 Å². The number of guanidine groups is 1. The van der Waals surface area contributed by atoms with Gasteiger partial charge in [0.1, 0.15) is 0 Å². The predicted molar refractivity (Wildman–Crippen MR) is 84.8 cm³/mol. The maximum atomic E-state index is 11.2. The van der Waals surface area contributed by atoms with Crippen LogP contribution in [0.1, 0.15) is 11.8 Å². The molecule has 5 N–H and O–H groups in total. The molecule has 112 valence electrons. The molecule has 0 saturated heterocycles. The Morgan fingerprint density at radius 1 is 1.48 bits per heavy atom. The van der Waals surface area contributed by atoms with Crippen molar-refractivity contribution in [2.75, 3.05) is 6.61 Å². The Morgan fingerprint density at radius 3 is 3.00 bits per heavy atom. The second-order valence-corrected chi connectivity index (χ2v) is 5.90. The Kier molecular flexibility index (Phi) is 5.12. The summed E-state index contributed by atoms with van der Waals surface area (Å²) in [5.74, 6) is -0.0126. The Morgan fingerprint density at radius 2 is 2.29 bits per heavy atom. The standard InChI is InChI=1S/C12H15N5O2S2/c1-2-19-12(18)15-5-7-3-4-9(21-7)8-6-20-11(16-8)17-10(13)14/h3-4,6H,2,5H2,1H3,(H,15,18)(H4,13,14,16,17). The van der Waals surface area contributed by atoms with Crippen LogP contribution in [0, 0.1) is 0 Å². The molecule has 0 radical (unpaired) electrons. The molecule has 0 atom stereocenters. The molecule has 0 fully saturated rings. The predicted octanol–water partition coefficient (Wildman–Crippen LogP) is 2.02. The molecule has 9 heteroatoms. The van der Waals surface area contributed by atoms with Crippen LogP contribution < -0.4 is 16.8 Å². The highest BCUT2D eigenvalue weighted by Crippen LogP contribution is 2.31. The number of hydrogen-bond donors (Lipinski definition) is 3. The maximum absolute atomic E-state index is 11.2. The van der Waals surface area contributed by atoms with Gasteiger partial charge in [-0.3, -0.25) is 0 Å². The number of nitrogens with two attached hydrogens (primary N) is 2. The van der Waals surface area contributed by atoms with E-state index in [9.17, 15) is 4.79 Å². The van der Waals surface area contributed by atoms with E-state index >= 15 is 0 Å². The zero-order valence-electron chi connectivity index (χ0n) is 11.3. The molecule has 0 aliphatic carbocycles. The topological polar surface area (TPSA) is 116 Å². The van der Waals surface area contributed by atoms with Crippen LogP contribution in [0.15, 0.2) is 22.5 Å². The van der Waals surface area contributed by atoms with Crippen molar-refractivity contribution in [2.24, 2.45) is 16.5 Å². The lowest BCUT2D eigenvalue weighted by Crippen LogP contribution is -2.23. The molecule has 2 aromatic rings. The van der Waals surface area contributed by atoms with Crippen molar-refractivity contribution in [2.45, 2.75) is 13.5 Å². The van der Waals surface area contributed by atoms with Crippen molar-refractivity contribution in [3.8, 4) is 10.6 Å². The van der Waals surface area contributed by atoms with Crippen molar-refractivity contribution in [3.63, 3.8) is 0 Å². The molecular formula is C12H15N5O2S2. The molecular weight excluding hydrogens is 310 g/mol. The second kappa shape index (κ2) is 7.04. The molecule has 0 aromatic carbocycles. The third-order valence-electron chi connectivity index (χ3n) is 2.31. The quantitative estimate of drug-likeness (QED) is 0.574. The molecule has 0 aliphatic heterocycles. The van der Waals surface area contributed by atoms with Crippen LogP contribution in [0.5, 0.6) is 0 Å². The van der Waals surface area contributed by atoms with Crippen LogP contribution in [0.3, 0.4) is 0 Å². The van der Waals surface area contributed by atoms with Crippen LogP contribution >= 0.6 is 22.7 Å². The molecule has 2 heterocycles. The molecule has 0 unspecified atom stereocenters. The van der Waals surface area contributed by atoms with E-state index in [0.717, 1.165) is 15.4 Å². The lowest BCUT2D eigenvalue weighted by molar-refractivity contribution is 0.152. The number of hydrogen-bond acceptors (Lipinski definition) is 6. The summed E-state index contributed by atoms with van der Waals surface area (Å²) in [6, 6.07) is 3.88. The minimum Gasteiger partial charge on any atom is -0.450 e. The lowest BCUT2D eigenvalue weighted by Gasteiger charge is -2.02. The number of ether oxygens (including phenoxy) is 1. The van der Waals surface area contributed by atoms with Crippen molar-refractivity contribution >= 4 is 39.9 Å². The van der Waals surface area contributed by atoms with Gasteiger partial charge in [0.25, 0.3) is 0 Å². The van der Waals surface area contributed by atoms with Gasteiger partial charge < -0.3 is 21.5 Å². The fourth-order valence-corrected chi connectivity index (χ4v) is 3.18. The number of carbonyl (C=O) groups excluding carboxylic acids is 1. The number of nitrogens with one attached hydrogen (secondary N) is 1. The normalized spacial score (nSPS) is 10.1. The molecule has 0 saturated carbocycles. The summed E-state index contributed by atoms with van der Waals surface area (Å²) < 4.78 is 4.80. The summed E-state index contributed by atoms with van der Waals surface area (Å²) in [5, 5.41) is 5.08. The van der Waals surface area contributed by atoms with E-state index in [1.54, 1.807) is 18.3 Å². The second-order valence-electron chi connectivity index (χ2n) is 3.89. The Balaban J connectivity index is 2.01. The van der Waals surface area contributed by atoms with Crippen molar-refractivity contribution < 1.29 is 9.53 Å². The van der Waals surface area contributed by atoms with E-state index in [2.05, 4.69) is 15.3 Å². The molecule has 1 amide bonds. The minimum atomic E-state index is -0.420. The first-order valence-corrected chi connectivity index (χ1v) is 7.83. The average Bonchev–Trinajstić information content (AvgIpc) is 3.04. The highest BCUT2D eigenvalue weighted by molar-refractivity contribution is 7.16. The smallest absolute Gasteiger partial charge is 0.407 e. The summed E-state index contributed by atoms with van der Waals surface area (Å²) in [4.78, 5) is 21.5. The van der Waals surface area contributed by atoms with Crippen molar-refractivity contribution in [1.82, 2.24) is 10.3 Å². The van der Waals surface area contributed by atoms with E-state index in [4.69, 9.17) is 16.2 Å². The van der Waals surface area contributed by atoms with Gasteiger partial charge in [0.15, 0.2) is 5.96 Å². The van der Waals surface area contributed by atoms with Crippen LogP contribution in [-0.2, 0) is 11.3 Å². The van der Waals surface area contributed by atoms with Gasteiger partial charge in [0.2, 0.25) is 5.13 Å². The van der Waals surface area contributed by atoms with Gasteiger partial charge >= 0.3 is 6.09 Å². The van der Waals surface area contributed by atoms with Crippen molar-refractivity contribution in [1.29, 1.82) is 0 Å². The number of alkyl carbamates (subject to hydrolysis) is 1. The number of aliphatic imine (C=N–C) groups is 1. The number of thiophene rings is 1. The summed E-state index contributed by atoms with van der Waals surface area (Å²) in [6.07, 6.45) is -0.420.